The molecule has 0 radical (unpaired) electrons. The van der Waals surface area contributed by atoms with Crippen LogP contribution in [0.5, 0.6) is 5.75 Å². The molecule has 1 aliphatic heterocycles. The minimum absolute atomic E-state index is 0.429. The molecule has 0 atom stereocenters. The molecule has 0 spiro atoms. The zero-order chi connectivity index (χ0) is 24.3. The number of anilines is 1. The predicted octanol–water partition coefficient (Wildman–Crippen LogP) is 5.70. The van der Waals surface area contributed by atoms with E-state index in [0.717, 1.165) is 65.8 Å². The van der Waals surface area contributed by atoms with Gasteiger partial charge in [-0.05, 0) is 49.3 Å². The third-order valence-electron chi connectivity index (χ3n) is 7.59. The Labute approximate surface area is 212 Å². The molecule has 36 heavy (non-hydrogen) atoms. The smallest absolute Gasteiger partial charge is 0.150 e. The van der Waals surface area contributed by atoms with Crippen molar-refractivity contribution in [3.05, 3.63) is 90.5 Å². The van der Waals surface area contributed by atoms with Crippen LogP contribution in [-0.4, -0.2) is 38.9 Å². The second-order valence-corrected chi connectivity index (χ2v) is 10.1. The van der Waals surface area contributed by atoms with Crippen LogP contribution in [0.3, 0.4) is 0 Å². The molecule has 0 bridgehead atoms. The normalized spacial score (nSPS) is 20.2. The van der Waals surface area contributed by atoms with Crippen LogP contribution in [0.1, 0.15) is 43.0 Å². The van der Waals surface area contributed by atoms with Gasteiger partial charge < -0.3 is 10.5 Å². The van der Waals surface area contributed by atoms with Gasteiger partial charge in [-0.15, -0.1) is 0 Å². The van der Waals surface area contributed by atoms with Crippen LogP contribution in [0.2, 0.25) is 0 Å². The first-order chi connectivity index (χ1) is 17.7. The Bertz CT molecular complexity index is 1350. The van der Waals surface area contributed by atoms with E-state index in [2.05, 4.69) is 50.7 Å². The van der Waals surface area contributed by atoms with E-state index in [1.54, 1.807) is 6.20 Å². The quantitative estimate of drug-likeness (QED) is 0.344. The predicted molar refractivity (Wildman–Crippen MR) is 144 cm³/mol. The van der Waals surface area contributed by atoms with E-state index in [9.17, 15) is 0 Å². The summed E-state index contributed by atoms with van der Waals surface area (Å²) in [7, 11) is 0. The average Bonchev–Trinajstić information content (AvgIpc) is 3.58. The van der Waals surface area contributed by atoms with Crippen LogP contribution in [0.4, 0.5) is 5.82 Å². The molecule has 3 heterocycles. The van der Waals surface area contributed by atoms with Crippen molar-refractivity contribution in [2.75, 3.05) is 25.4 Å². The van der Waals surface area contributed by atoms with Crippen molar-refractivity contribution in [1.82, 2.24) is 19.3 Å². The number of rotatable bonds is 7. The molecule has 184 valence electrons. The first kappa shape index (κ1) is 22.8. The summed E-state index contributed by atoms with van der Waals surface area (Å²) in [6, 6.07) is 18.4. The number of nitrogens with two attached hydrogens (primary N) is 1. The van der Waals surface area contributed by atoms with Crippen LogP contribution < -0.4 is 10.5 Å². The molecule has 2 N–H and O–H groups in total. The van der Waals surface area contributed by atoms with Gasteiger partial charge in [0.1, 0.15) is 35.2 Å². The van der Waals surface area contributed by atoms with Gasteiger partial charge in [0.2, 0.25) is 0 Å². The molecule has 6 rings (SSSR count). The van der Waals surface area contributed by atoms with Crippen molar-refractivity contribution in [1.29, 1.82) is 0 Å². The summed E-state index contributed by atoms with van der Waals surface area (Å²) in [6.45, 7) is 3.95. The fraction of sp³-hybridized carbons (Fsp3) is 0.333. The van der Waals surface area contributed by atoms with Crippen molar-refractivity contribution >= 4 is 11.3 Å². The fourth-order valence-electron chi connectivity index (χ4n) is 5.69. The third kappa shape index (κ3) is 4.73. The molecule has 6 nitrogen and oxygen atoms in total. The number of imidazole rings is 1. The second kappa shape index (κ2) is 10.2. The van der Waals surface area contributed by atoms with Gasteiger partial charge in [-0.2, -0.15) is 0 Å². The zero-order valence-corrected chi connectivity index (χ0v) is 20.6. The van der Waals surface area contributed by atoms with Gasteiger partial charge in [-0.1, -0.05) is 54.6 Å². The number of hydrogen-bond donors (Lipinski definition) is 1. The summed E-state index contributed by atoms with van der Waals surface area (Å²) in [4.78, 5) is 12.1. The molecular formula is C30H33N5O. The Morgan fingerprint density at radius 3 is 2.56 bits per heavy atom. The molecule has 0 unspecified atom stereocenters. The lowest BCUT2D eigenvalue weighted by atomic mass is 9.81. The average molecular weight is 480 g/mol. The Hall–Kier alpha value is -3.64. The Balaban J connectivity index is 1.24. The summed E-state index contributed by atoms with van der Waals surface area (Å²) in [5, 5.41) is 0. The van der Waals surface area contributed by atoms with Crippen molar-refractivity contribution < 1.29 is 4.74 Å². The molecule has 2 aromatic heterocycles. The Kier molecular flexibility index (Phi) is 6.43. The molecule has 1 aliphatic carbocycles. The maximum atomic E-state index is 6.41. The van der Waals surface area contributed by atoms with Gasteiger partial charge in [0, 0.05) is 43.5 Å². The second-order valence-electron chi connectivity index (χ2n) is 10.1. The maximum Gasteiger partial charge on any atom is 0.150 e. The van der Waals surface area contributed by atoms with Gasteiger partial charge >= 0.3 is 0 Å². The summed E-state index contributed by atoms with van der Waals surface area (Å²) in [5.74, 6) is 3.64. The highest BCUT2D eigenvalue weighted by atomic mass is 16.5. The molecule has 4 aromatic rings. The lowest BCUT2D eigenvalue weighted by Gasteiger charge is -2.30. The highest BCUT2D eigenvalue weighted by molar-refractivity contribution is 5.85. The van der Waals surface area contributed by atoms with Crippen molar-refractivity contribution in [2.24, 2.45) is 5.92 Å². The van der Waals surface area contributed by atoms with Crippen molar-refractivity contribution in [3.8, 4) is 17.0 Å². The van der Waals surface area contributed by atoms with E-state index >= 15 is 0 Å². The van der Waals surface area contributed by atoms with Crippen LogP contribution in [0.25, 0.3) is 16.8 Å². The lowest BCUT2D eigenvalue weighted by molar-refractivity contribution is 0.227. The largest absolute Gasteiger partial charge is 0.489 e. The fourth-order valence-corrected chi connectivity index (χ4v) is 5.69. The lowest BCUT2D eigenvalue weighted by Crippen LogP contribution is -2.29. The monoisotopic (exact) mass is 479 g/mol. The maximum absolute atomic E-state index is 6.41. The zero-order valence-electron chi connectivity index (χ0n) is 20.6. The van der Waals surface area contributed by atoms with Gasteiger partial charge in [-0.3, -0.25) is 9.30 Å². The third-order valence-corrected chi connectivity index (χ3v) is 7.59. The SMILES string of the molecule is Nc1nccn2c(C3CCC(CN4CC=CC4)CC3)nc(-c3cccc(OCc4ccccc4)c3)c12. The Morgan fingerprint density at radius 2 is 1.75 bits per heavy atom. The first-order valence-corrected chi connectivity index (χ1v) is 13.0. The number of ether oxygens (including phenoxy) is 1. The topological polar surface area (TPSA) is 68.7 Å². The molecule has 1 fully saturated rings. The van der Waals surface area contributed by atoms with Gasteiger partial charge in [0.15, 0.2) is 0 Å². The van der Waals surface area contributed by atoms with Gasteiger partial charge in [0.25, 0.3) is 0 Å². The van der Waals surface area contributed by atoms with E-state index < -0.39 is 0 Å². The minimum Gasteiger partial charge on any atom is -0.489 e. The van der Waals surface area contributed by atoms with Crippen LogP contribution in [-0.2, 0) is 6.61 Å². The summed E-state index contributed by atoms with van der Waals surface area (Å²) >= 11 is 0. The van der Waals surface area contributed by atoms with Crippen LogP contribution >= 0.6 is 0 Å². The van der Waals surface area contributed by atoms with E-state index in [1.165, 1.54) is 19.4 Å². The number of hydrogen-bond acceptors (Lipinski definition) is 5. The van der Waals surface area contributed by atoms with E-state index in [1.807, 2.05) is 36.5 Å². The van der Waals surface area contributed by atoms with E-state index in [0.29, 0.717) is 18.3 Å². The molecule has 0 saturated heterocycles. The molecular weight excluding hydrogens is 446 g/mol. The first-order valence-electron chi connectivity index (χ1n) is 13.0. The van der Waals surface area contributed by atoms with Crippen molar-refractivity contribution in [3.63, 3.8) is 0 Å². The van der Waals surface area contributed by atoms with E-state index in [-0.39, 0.29) is 0 Å². The standard InChI is InChI=1S/C30H33N5O/c31-29-28-27(25-9-6-10-26(19-25)36-21-23-7-2-1-3-8-23)33-30(35(28)18-15-32-29)24-13-11-22(12-14-24)20-34-16-4-5-17-34/h1-10,15,18-19,22,24H,11-14,16-17,20-21H2,(H2,31,32). The van der Waals surface area contributed by atoms with Gasteiger partial charge in [-0.25, -0.2) is 9.97 Å². The number of fused-ring (bicyclic) bond motifs is 1. The van der Waals surface area contributed by atoms with Crippen LogP contribution in [0.15, 0.2) is 79.1 Å². The number of aromatic nitrogens is 3. The van der Waals surface area contributed by atoms with Crippen molar-refractivity contribution in [2.45, 2.75) is 38.2 Å². The summed E-state index contributed by atoms with van der Waals surface area (Å²) in [6.07, 6.45) is 13.2. The minimum atomic E-state index is 0.429. The molecule has 2 aliphatic rings. The van der Waals surface area contributed by atoms with Crippen LogP contribution in [0, 0.1) is 5.92 Å². The molecule has 1 saturated carbocycles. The summed E-state index contributed by atoms with van der Waals surface area (Å²) in [5.41, 5.74) is 10.3. The molecule has 2 aromatic carbocycles. The van der Waals surface area contributed by atoms with Gasteiger partial charge in [0.05, 0.1) is 0 Å². The number of benzene rings is 2. The molecule has 0 amide bonds. The highest BCUT2D eigenvalue weighted by Gasteiger charge is 2.28. The molecule has 6 heteroatoms. The number of nitrogen functional groups attached to an aromatic ring is 1. The van der Waals surface area contributed by atoms with E-state index in [4.69, 9.17) is 15.5 Å². The summed E-state index contributed by atoms with van der Waals surface area (Å²) < 4.78 is 8.27. The number of nitrogens with zero attached hydrogens (tertiary/aromatic N) is 4. The Morgan fingerprint density at radius 1 is 0.944 bits per heavy atom. The highest BCUT2D eigenvalue weighted by Crippen LogP contribution is 2.39.